The number of rotatable bonds is 7. The first-order valence-electron chi connectivity index (χ1n) is 11.0. The molecule has 0 aromatic heterocycles. The van der Waals surface area contributed by atoms with Crippen molar-refractivity contribution < 1.29 is 9.84 Å². The van der Waals surface area contributed by atoms with Gasteiger partial charge >= 0.3 is 0 Å². The number of piperazine rings is 1. The van der Waals surface area contributed by atoms with Crippen LogP contribution in [0.5, 0.6) is 0 Å². The molecule has 1 fully saturated rings. The molecule has 172 valence electrons. The fourth-order valence-corrected chi connectivity index (χ4v) is 5.09. The van der Waals surface area contributed by atoms with Crippen molar-refractivity contribution in [3.63, 3.8) is 0 Å². The van der Waals surface area contributed by atoms with Crippen LogP contribution >= 0.6 is 24.8 Å². The van der Waals surface area contributed by atoms with Gasteiger partial charge in [-0.3, -0.25) is 4.90 Å². The Kier molecular flexibility index (Phi) is 9.38. The first kappa shape index (κ1) is 26.1. The van der Waals surface area contributed by atoms with Gasteiger partial charge in [0.2, 0.25) is 0 Å². The van der Waals surface area contributed by atoms with E-state index in [1.165, 1.54) is 16.7 Å². The fourth-order valence-electron chi connectivity index (χ4n) is 5.09. The highest BCUT2D eigenvalue weighted by Crippen LogP contribution is 2.52. The number of benzene rings is 2. The van der Waals surface area contributed by atoms with Crippen molar-refractivity contribution in [1.29, 1.82) is 0 Å². The normalized spacial score (nSPS) is 22.9. The lowest BCUT2D eigenvalue weighted by Crippen LogP contribution is -2.47. The lowest BCUT2D eigenvalue weighted by molar-refractivity contribution is -0.108. The van der Waals surface area contributed by atoms with Crippen LogP contribution in [-0.4, -0.2) is 60.8 Å². The Morgan fingerprint density at radius 2 is 1.35 bits per heavy atom. The van der Waals surface area contributed by atoms with Crippen molar-refractivity contribution >= 4 is 24.8 Å². The molecule has 2 heterocycles. The number of fused-ring (bicyclic) bond motifs is 1. The van der Waals surface area contributed by atoms with Crippen molar-refractivity contribution in [2.24, 2.45) is 0 Å². The summed E-state index contributed by atoms with van der Waals surface area (Å²) in [5.41, 5.74) is 3.22. The van der Waals surface area contributed by atoms with Crippen LogP contribution in [0.25, 0.3) is 0 Å². The molecule has 1 N–H and O–H groups in total. The zero-order valence-corrected chi connectivity index (χ0v) is 20.3. The van der Waals surface area contributed by atoms with Crippen molar-refractivity contribution in [3.05, 3.63) is 71.3 Å². The zero-order valence-electron chi connectivity index (χ0n) is 18.6. The number of nitrogens with zero attached hydrogens (tertiary/aromatic N) is 2. The average Bonchev–Trinajstić information content (AvgIpc) is 2.98. The quantitative estimate of drug-likeness (QED) is 0.654. The summed E-state index contributed by atoms with van der Waals surface area (Å²) in [6.07, 6.45) is 2.08. The molecule has 6 heteroatoms. The van der Waals surface area contributed by atoms with Crippen LogP contribution in [0.2, 0.25) is 0 Å². The Bertz CT molecular complexity index is 810. The molecule has 0 radical (unpaired) electrons. The Labute approximate surface area is 199 Å². The number of β-amino-alcohol motifs (C(OH)–C–C–N with tert-alkyl or cyclic N) is 1. The molecule has 2 aliphatic heterocycles. The van der Waals surface area contributed by atoms with Gasteiger partial charge < -0.3 is 14.7 Å². The minimum absolute atomic E-state index is 0. The maximum Gasteiger partial charge on any atom is 0.120 e. The highest BCUT2D eigenvalue weighted by atomic mass is 35.5. The van der Waals surface area contributed by atoms with E-state index in [0.717, 1.165) is 52.1 Å². The molecule has 0 bridgehead atoms. The molecule has 4 rings (SSSR count). The maximum absolute atomic E-state index is 9.14. The molecule has 31 heavy (non-hydrogen) atoms. The van der Waals surface area contributed by atoms with Crippen LogP contribution in [0.3, 0.4) is 0 Å². The first-order valence-corrected chi connectivity index (χ1v) is 11.0. The van der Waals surface area contributed by atoms with Gasteiger partial charge in [-0.15, -0.1) is 24.8 Å². The molecular formula is C25H36Cl2N2O2. The molecule has 0 aliphatic carbocycles. The highest BCUT2D eigenvalue weighted by Gasteiger charge is 2.49. The van der Waals surface area contributed by atoms with Gasteiger partial charge in [0.25, 0.3) is 0 Å². The van der Waals surface area contributed by atoms with Crippen LogP contribution in [0.4, 0.5) is 0 Å². The van der Waals surface area contributed by atoms with Gasteiger partial charge in [-0.05, 0) is 49.9 Å². The third-order valence-corrected chi connectivity index (χ3v) is 6.56. The summed E-state index contributed by atoms with van der Waals surface area (Å²) >= 11 is 0. The van der Waals surface area contributed by atoms with Crippen molar-refractivity contribution in [2.45, 2.75) is 37.9 Å². The van der Waals surface area contributed by atoms with Gasteiger partial charge in [-0.2, -0.15) is 0 Å². The second kappa shape index (κ2) is 11.1. The van der Waals surface area contributed by atoms with E-state index in [-0.39, 0.29) is 42.6 Å². The molecule has 2 aromatic rings. The second-order valence-electron chi connectivity index (χ2n) is 8.86. The SMILES string of the molecule is CC1(C)OC(CCCN2CCN(CCO)CC2)(c2ccccc2)c2ccccc21.Cl.Cl. The molecule has 0 saturated carbocycles. The van der Waals surface area contributed by atoms with E-state index in [0.29, 0.717) is 0 Å². The Morgan fingerprint density at radius 1 is 0.806 bits per heavy atom. The van der Waals surface area contributed by atoms with Crippen molar-refractivity contribution in [2.75, 3.05) is 45.9 Å². The monoisotopic (exact) mass is 466 g/mol. The van der Waals surface area contributed by atoms with Gasteiger partial charge in [0, 0.05) is 32.7 Å². The smallest absolute Gasteiger partial charge is 0.120 e. The minimum Gasteiger partial charge on any atom is -0.395 e. The molecule has 2 aromatic carbocycles. The molecule has 0 amide bonds. The molecule has 4 nitrogen and oxygen atoms in total. The Hall–Kier alpha value is -1.14. The summed E-state index contributed by atoms with van der Waals surface area (Å²) in [7, 11) is 0. The van der Waals surface area contributed by atoms with E-state index in [2.05, 4.69) is 78.2 Å². The Balaban J connectivity index is 0.00000171. The third kappa shape index (κ3) is 5.44. The number of halogens is 2. The maximum atomic E-state index is 9.14. The predicted octanol–water partition coefficient (Wildman–Crippen LogP) is 4.43. The molecule has 1 unspecified atom stereocenters. The second-order valence-corrected chi connectivity index (χ2v) is 8.86. The molecule has 1 saturated heterocycles. The predicted molar refractivity (Wildman–Crippen MR) is 131 cm³/mol. The number of hydrogen-bond acceptors (Lipinski definition) is 4. The lowest BCUT2D eigenvalue weighted by Gasteiger charge is -2.36. The summed E-state index contributed by atoms with van der Waals surface area (Å²) in [5, 5.41) is 9.14. The highest BCUT2D eigenvalue weighted by molar-refractivity contribution is 5.85. The Morgan fingerprint density at radius 3 is 1.97 bits per heavy atom. The zero-order chi connectivity index (χ0) is 20.3. The number of hydrogen-bond donors (Lipinski definition) is 1. The third-order valence-electron chi connectivity index (χ3n) is 6.56. The summed E-state index contributed by atoms with van der Waals surface area (Å²) in [6, 6.07) is 19.5. The van der Waals surface area contributed by atoms with Crippen LogP contribution in [0, 0.1) is 0 Å². The van der Waals surface area contributed by atoms with Gasteiger partial charge in [0.15, 0.2) is 0 Å². The summed E-state index contributed by atoms with van der Waals surface area (Å²) < 4.78 is 6.88. The van der Waals surface area contributed by atoms with E-state index in [1.807, 2.05) is 0 Å². The van der Waals surface area contributed by atoms with Gasteiger partial charge in [0.1, 0.15) is 5.60 Å². The van der Waals surface area contributed by atoms with Crippen LogP contribution in [0.1, 0.15) is 43.4 Å². The standard InChI is InChI=1S/C25H34N2O2.2ClH/c1-24(2)22-11-6-7-12-23(22)25(29-24,21-9-4-3-5-10-21)13-8-14-26-15-17-27(18-16-26)19-20-28;;/h3-7,9-12,28H,8,13-20H2,1-2H3;2*1H. The molecular weight excluding hydrogens is 431 g/mol. The van der Waals surface area contributed by atoms with E-state index in [1.54, 1.807) is 0 Å². The van der Waals surface area contributed by atoms with Crippen LogP contribution in [0.15, 0.2) is 54.6 Å². The molecule has 2 aliphatic rings. The number of aliphatic hydroxyl groups excluding tert-OH is 1. The average molecular weight is 467 g/mol. The van der Waals surface area contributed by atoms with Crippen molar-refractivity contribution in [3.8, 4) is 0 Å². The minimum atomic E-state index is -0.375. The first-order chi connectivity index (χ1) is 14.0. The number of ether oxygens (including phenoxy) is 1. The van der Waals surface area contributed by atoms with Crippen LogP contribution < -0.4 is 0 Å². The fraction of sp³-hybridized carbons (Fsp3) is 0.520. The number of aliphatic hydroxyl groups is 1. The van der Waals surface area contributed by atoms with Gasteiger partial charge in [-0.1, -0.05) is 54.6 Å². The molecule has 1 atom stereocenters. The van der Waals surface area contributed by atoms with E-state index >= 15 is 0 Å². The molecule has 0 spiro atoms. The van der Waals surface area contributed by atoms with E-state index < -0.39 is 0 Å². The largest absolute Gasteiger partial charge is 0.395 e. The summed E-state index contributed by atoms with van der Waals surface area (Å²) in [5.74, 6) is 0. The van der Waals surface area contributed by atoms with Crippen LogP contribution in [-0.2, 0) is 15.9 Å². The lowest BCUT2D eigenvalue weighted by atomic mass is 9.81. The topological polar surface area (TPSA) is 35.9 Å². The van der Waals surface area contributed by atoms with E-state index in [9.17, 15) is 0 Å². The summed E-state index contributed by atoms with van der Waals surface area (Å²) in [4.78, 5) is 4.90. The summed E-state index contributed by atoms with van der Waals surface area (Å²) in [6.45, 7) is 10.8. The van der Waals surface area contributed by atoms with Gasteiger partial charge in [0.05, 0.1) is 12.2 Å². The van der Waals surface area contributed by atoms with Gasteiger partial charge in [-0.25, -0.2) is 0 Å². The van der Waals surface area contributed by atoms with Crippen molar-refractivity contribution in [1.82, 2.24) is 9.80 Å². The van der Waals surface area contributed by atoms with E-state index in [4.69, 9.17) is 9.84 Å².